The molecule has 9 heteroatoms. The molecule has 0 aliphatic rings. The van der Waals surface area contributed by atoms with Gasteiger partial charge in [0.1, 0.15) is 29.5 Å². The molecule has 2 atom stereocenters. The third-order valence-electron chi connectivity index (χ3n) is 7.76. The summed E-state index contributed by atoms with van der Waals surface area (Å²) in [7, 11) is 1.60. The molecule has 1 heterocycles. The first-order valence-corrected chi connectivity index (χ1v) is 14.9. The van der Waals surface area contributed by atoms with Gasteiger partial charge in [-0.15, -0.1) is 0 Å². The maximum Gasteiger partial charge on any atom is 0.268 e. The smallest absolute Gasteiger partial charge is 0.268 e. The molecular formula is C36H39N3O6. The maximum absolute atomic E-state index is 13.2. The molecular weight excluding hydrogens is 570 g/mol. The standard InChI is InChI=1S/C36H39N3O6/c1-23(37-20-33(42)26-12-14-32(41)28(17-26)21-40)15-25-11-13-30-27(16-25)18-31(39-30)36(43)38-19-29-34(44-2)9-6-10-35(29)45-22-24-7-4-3-5-8-24/h3-14,16-18,23,33,37,39-42H,15,19-22H2,1-2H3,(H,38,43)/t23-,33+/m1/s1. The van der Waals surface area contributed by atoms with Crippen LogP contribution in [-0.4, -0.2) is 45.9 Å². The number of benzene rings is 4. The van der Waals surface area contributed by atoms with Crippen molar-refractivity contribution in [2.24, 2.45) is 0 Å². The molecule has 6 N–H and O–H groups in total. The molecule has 0 aliphatic carbocycles. The number of ether oxygens (including phenoxy) is 2. The lowest BCUT2D eigenvalue weighted by Gasteiger charge is -2.18. The van der Waals surface area contributed by atoms with Gasteiger partial charge in [-0.25, -0.2) is 0 Å². The summed E-state index contributed by atoms with van der Waals surface area (Å²) in [6.45, 7) is 2.69. The molecule has 1 amide bonds. The molecule has 5 aromatic rings. The molecule has 45 heavy (non-hydrogen) atoms. The fourth-order valence-electron chi connectivity index (χ4n) is 5.27. The van der Waals surface area contributed by atoms with Crippen LogP contribution in [0.25, 0.3) is 10.9 Å². The zero-order valence-electron chi connectivity index (χ0n) is 25.4. The molecule has 0 saturated heterocycles. The molecule has 234 valence electrons. The molecule has 5 rings (SSSR count). The molecule has 0 spiro atoms. The van der Waals surface area contributed by atoms with E-state index in [0.29, 0.717) is 47.9 Å². The Morgan fingerprint density at radius 1 is 0.933 bits per heavy atom. The van der Waals surface area contributed by atoms with E-state index >= 15 is 0 Å². The molecule has 0 bridgehead atoms. The number of fused-ring (bicyclic) bond motifs is 1. The summed E-state index contributed by atoms with van der Waals surface area (Å²) in [5, 5.41) is 37.0. The van der Waals surface area contributed by atoms with Crippen LogP contribution in [0.5, 0.6) is 17.2 Å². The van der Waals surface area contributed by atoms with E-state index < -0.39 is 6.10 Å². The van der Waals surface area contributed by atoms with Crippen molar-refractivity contribution < 1.29 is 29.6 Å². The third kappa shape index (κ3) is 8.02. The summed E-state index contributed by atoms with van der Waals surface area (Å²) in [5.74, 6) is 1.05. The predicted octanol–water partition coefficient (Wildman–Crippen LogP) is 5.14. The summed E-state index contributed by atoms with van der Waals surface area (Å²) in [6, 6.07) is 28.1. The van der Waals surface area contributed by atoms with Crippen LogP contribution < -0.4 is 20.1 Å². The zero-order valence-corrected chi connectivity index (χ0v) is 25.4. The number of hydrogen-bond donors (Lipinski definition) is 6. The zero-order chi connectivity index (χ0) is 31.8. The highest BCUT2D eigenvalue weighted by Gasteiger charge is 2.16. The number of hydrogen-bond acceptors (Lipinski definition) is 7. The Morgan fingerprint density at radius 2 is 1.73 bits per heavy atom. The summed E-state index contributed by atoms with van der Waals surface area (Å²) >= 11 is 0. The lowest BCUT2D eigenvalue weighted by Crippen LogP contribution is -2.32. The van der Waals surface area contributed by atoms with Gasteiger partial charge >= 0.3 is 0 Å². The minimum absolute atomic E-state index is 0.00487. The Labute approximate surface area is 262 Å². The van der Waals surface area contributed by atoms with E-state index in [0.717, 1.165) is 27.6 Å². The molecule has 1 aromatic heterocycles. The lowest BCUT2D eigenvalue weighted by molar-refractivity contribution is 0.0946. The number of aromatic nitrogens is 1. The molecule has 9 nitrogen and oxygen atoms in total. The van der Waals surface area contributed by atoms with Gasteiger partial charge in [0.25, 0.3) is 5.91 Å². The van der Waals surface area contributed by atoms with Gasteiger partial charge < -0.3 is 40.4 Å². The highest BCUT2D eigenvalue weighted by molar-refractivity contribution is 5.98. The van der Waals surface area contributed by atoms with Gasteiger partial charge in [0, 0.05) is 29.1 Å². The van der Waals surface area contributed by atoms with E-state index in [1.807, 2.05) is 73.7 Å². The van der Waals surface area contributed by atoms with Gasteiger partial charge in [-0.2, -0.15) is 0 Å². The largest absolute Gasteiger partial charge is 0.508 e. The Kier molecular flexibility index (Phi) is 10.4. The van der Waals surface area contributed by atoms with Crippen LogP contribution in [0.3, 0.4) is 0 Å². The Bertz CT molecular complexity index is 1740. The van der Waals surface area contributed by atoms with Crippen molar-refractivity contribution in [3.63, 3.8) is 0 Å². The number of aromatic hydroxyl groups is 1. The monoisotopic (exact) mass is 609 g/mol. The lowest BCUT2D eigenvalue weighted by atomic mass is 10.0. The van der Waals surface area contributed by atoms with E-state index in [1.54, 1.807) is 19.2 Å². The number of rotatable bonds is 14. The van der Waals surface area contributed by atoms with Crippen LogP contribution >= 0.6 is 0 Å². The van der Waals surface area contributed by atoms with Crippen LogP contribution in [0.2, 0.25) is 0 Å². The van der Waals surface area contributed by atoms with Crippen molar-refractivity contribution in [1.29, 1.82) is 0 Å². The van der Waals surface area contributed by atoms with Crippen molar-refractivity contribution in [3.8, 4) is 17.2 Å². The first kappa shape index (κ1) is 31.6. The van der Waals surface area contributed by atoms with Crippen molar-refractivity contribution in [1.82, 2.24) is 15.6 Å². The van der Waals surface area contributed by atoms with Gasteiger partial charge in [0.15, 0.2) is 0 Å². The molecule has 4 aromatic carbocycles. The molecule has 0 unspecified atom stereocenters. The highest BCUT2D eigenvalue weighted by Crippen LogP contribution is 2.29. The van der Waals surface area contributed by atoms with E-state index in [-0.39, 0.29) is 30.9 Å². The average molecular weight is 610 g/mol. The quantitative estimate of drug-likeness (QED) is 0.103. The Hall–Kier alpha value is -4.83. The van der Waals surface area contributed by atoms with E-state index in [1.165, 1.54) is 6.07 Å². The third-order valence-corrected chi connectivity index (χ3v) is 7.76. The van der Waals surface area contributed by atoms with Crippen LogP contribution in [0.15, 0.2) is 91.0 Å². The summed E-state index contributed by atoms with van der Waals surface area (Å²) in [6.07, 6.45) is -0.0687. The second-order valence-electron chi connectivity index (χ2n) is 11.1. The average Bonchev–Trinajstić information content (AvgIpc) is 3.49. The minimum Gasteiger partial charge on any atom is -0.508 e. The number of carbonyl (C=O) groups is 1. The first-order chi connectivity index (χ1) is 21.8. The number of H-pyrrole nitrogens is 1. The number of aromatic amines is 1. The van der Waals surface area contributed by atoms with E-state index in [2.05, 4.69) is 21.7 Å². The van der Waals surface area contributed by atoms with Gasteiger partial charge in [-0.05, 0) is 72.5 Å². The van der Waals surface area contributed by atoms with Crippen molar-refractivity contribution in [2.45, 2.75) is 45.2 Å². The first-order valence-electron chi connectivity index (χ1n) is 14.9. The number of nitrogens with one attached hydrogen (secondary N) is 3. The predicted molar refractivity (Wildman–Crippen MR) is 173 cm³/mol. The molecule has 0 aliphatic heterocycles. The second kappa shape index (κ2) is 14.8. The van der Waals surface area contributed by atoms with Crippen LogP contribution in [0.4, 0.5) is 0 Å². The minimum atomic E-state index is -0.783. The van der Waals surface area contributed by atoms with Crippen molar-refractivity contribution >= 4 is 16.8 Å². The topological polar surface area (TPSA) is 136 Å². The van der Waals surface area contributed by atoms with Crippen molar-refractivity contribution in [3.05, 3.63) is 125 Å². The van der Waals surface area contributed by atoms with Gasteiger partial charge in [0.2, 0.25) is 0 Å². The van der Waals surface area contributed by atoms with Crippen LogP contribution in [0, 0.1) is 0 Å². The number of methoxy groups -OCH3 is 1. The van der Waals surface area contributed by atoms with E-state index in [4.69, 9.17) is 9.47 Å². The molecule has 0 fully saturated rings. The number of carbonyl (C=O) groups excluding carboxylic acids is 1. The summed E-state index contributed by atoms with van der Waals surface area (Å²) in [4.78, 5) is 16.4. The summed E-state index contributed by atoms with van der Waals surface area (Å²) in [5.41, 5.74) is 5.20. The normalized spacial score (nSPS) is 12.5. The van der Waals surface area contributed by atoms with Crippen LogP contribution in [0.1, 0.15) is 51.3 Å². The van der Waals surface area contributed by atoms with Crippen LogP contribution in [-0.2, 0) is 26.2 Å². The number of phenols is 1. The Balaban J connectivity index is 1.18. The highest BCUT2D eigenvalue weighted by atomic mass is 16.5. The molecule has 0 radical (unpaired) electrons. The van der Waals surface area contributed by atoms with Crippen molar-refractivity contribution in [2.75, 3.05) is 13.7 Å². The van der Waals surface area contributed by atoms with E-state index in [9.17, 15) is 20.1 Å². The summed E-state index contributed by atoms with van der Waals surface area (Å²) < 4.78 is 11.6. The Morgan fingerprint density at radius 3 is 2.51 bits per heavy atom. The maximum atomic E-state index is 13.2. The fraction of sp³-hybridized carbons (Fsp3) is 0.250. The number of aliphatic hydroxyl groups excluding tert-OH is 2. The molecule has 0 saturated carbocycles. The van der Waals surface area contributed by atoms with Gasteiger partial charge in [0.05, 0.1) is 31.9 Å². The second-order valence-corrected chi connectivity index (χ2v) is 11.1. The van der Waals surface area contributed by atoms with Gasteiger partial charge in [-0.1, -0.05) is 48.5 Å². The SMILES string of the molecule is COc1cccc(OCc2ccccc2)c1CNC(=O)c1cc2cc(C[C@@H](C)NC[C@H](O)c3ccc(O)c(CO)c3)ccc2[nH]1. The number of amides is 1. The fourth-order valence-corrected chi connectivity index (χ4v) is 5.27. The van der Waals surface area contributed by atoms with Gasteiger partial charge in [-0.3, -0.25) is 4.79 Å². The number of aliphatic hydroxyl groups is 2.